The lowest BCUT2D eigenvalue weighted by Gasteiger charge is -2.35. The molecule has 1 N–H and O–H groups in total. The van der Waals surface area contributed by atoms with E-state index in [0.29, 0.717) is 12.0 Å². The molecule has 6 rings (SSSR count). The molecular formula is C29H33FN4O4. The van der Waals surface area contributed by atoms with Crippen molar-refractivity contribution in [1.29, 1.82) is 0 Å². The number of hydrogen-bond acceptors (Lipinski definition) is 6. The average molecular weight is 521 g/mol. The third kappa shape index (κ3) is 4.80. The third-order valence-corrected chi connectivity index (χ3v) is 8.42. The molecule has 0 bridgehead atoms. The van der Waals surface area contributed by atoms with E-state index in [9.17, 15) is 18.8 Å². The molecule has 3 fully saturated rings. The van der Waals surface area contributed by atoms with Crippen LogP contribution in [0.25, 0.3) is 0 Å². The van der Waals surface area contributed by atoms with Gasteiger partial charge >= 0.3 is 0 Å². The Morgan fingerprint density at radius 3 is 2.50 bits per heavy atom. The first-order valence-electron chi connectivity index (χ1n) is 13.6. The molecular weight excluding hydrogens is 487 g/mol. The van der Waals surface area contributed by atoms with E-state index in [2.05, 4.69) is 39.4 Å². The number of halogens is 1. The number of nitrogens with zero attached hydrogens (tertiary/aromatic N) is 3. The molecule has 0 aliphatic carbocycles. The van der Waals surface area contributed by atoms with Crippen LogP contribution in [0.5, 0.6) is 0 Å². The number of rotatable bonds is 5. The molecule has 9 heteroatoms. The molecule has 0 radical (unpaired) electrons. The summed E-state index contributed by atoms with van der Waals surface area (Å²) in [6.45, 7) is 6.22. The zero-order valence-electron chi connectivity index (χ0n) is 21.5. The van der Waals surface area contributed by atoms with E-state index in [1.165, 1.54) is 22.2 Å². The third-order valence-electron chi connectivity index (χ3n) is 8.42. The summed E-state index contributed by atoms with van der Waals surface area (Å²) in [4.78, 5) is 43.6. The smallest absolute Gasteiger partial charge is 0.255 e. The van der Waals surface area contributed by atoms with Gasteiger partial charge in [0.15, 0.2) is 0 Å². The number of anilines is 1. The lowest BCUT2D eigenvalue weighted by atomic mass is 9.85. The number of morpholine rings is 1. The van der Waals surface area contributed by atoms with Crippen molar-refractivity contribution in [2.75, 3.05) is 44.3 Å². The van der Waals surface area contributed by atoms with Crippen molar-refractivity contribution in [2.45, 2.75) is 50.7 Å². The summed E-state index contributed by atoms with van der Waals surface area (Å²) in [7, 11) is 0. The van der Waals surface area contributed by atoms with E-state index >= 15 is 0 Å². The van der Waals surface area contributed by atoms with Gasteiger partial charge in [0.05, 0.1) is 13.2 Å². The molecule has 2 aromatic carbocycles. The number of nitrogens with one attached hydrogen (secondary N) is 1. The number of amides is 3. The molecule has 3 saturated heterocycles. The normalized spacial score (nSPS) is 23.1. The monoisotopic (exact) mass is 520 g/mol. The van der Waals surface area contributed by atoms with Gasteiger partial charge in [-0.05, 0) is 73.2 Å². The number of carbonyl (C=O) groups excluding carboxylic acids is 3. The maximum atomic E-state index is 14.7. The number of imide groups is 1. The van der Waals surface area contributed by atoms with E-state index in [-0.39, 0.29) is 30.7 Å². The van der Waals surface area contributed by atoms with Crippen LogP contribution in [0, 0.1) is 5.82 Å². The summed E-state index contributed by atoms with van der Waals surface area (Å²) in [5.74, 6) is -1.36. The Morgan fingerprint density at radius 1 is 0.974 bits per heavy atom. The number of para-hydroxylation sites is 1. The van der Waals surface area contributed by atoms with Crippen LogP contribution in [0.15, 0.2) is 36.4 Å². The van der Waals surface area contributed by atoms with Crippen LogP contribution in [0.3, 0.4) is 0 Å². The number of likely N-dealkylation sites (tertiary alicyclic amines) is 1. The highest BCUT2D eigenvalue weighted by molar-refractivity contribution is 6.05. The molecule has 3 amide bonds. The van der Waals surface area contributed by atoms with E-state index in [4.69, 9.17) is 4.74 Å². The number of piperidine rings is 2. The minimum Gasteiger partial charge on any atom is -0.378 e. The second-order valence-electron chi connectivity index (χ2n) is 10.7. The molecule has 200 valence electrons. The molecule has 1 atom stereocenters. The molecule has 8 nitrogen and oxygen atoms in total. The fraction of sp³-hybridized carbons (Fsp3) is 0.483. The van der Waals surface area contributed by atoms with Crippen LogP contribution >= 0.6 is 0 Å². The lowest BCUT2D eigenvalue weighted by Crippen LogP contribution is -2.52. The quantitative estimate of drug-likeness (QED) is 0.611. The minimum atomic E-state index is -0.697. The average Bonchev–Trinajstić information content (AvgIpc) is 3.25. The van der Waals surface area contributed by atoms with Crippen molar-refractivity contribution in [3.05, 3.63) is 64.5 Å². The van der Waals surface area contributed by atoms with Gasteiger partial charge in [-0.15, -0.1) is 0 Å². The molecule has 4 aliphatic rings. The molecule has 2 aromatic rings. The predicted octanol–water partition coefficient (Wildman–Crippen LogP) is 2.80. The number of carbonyl (C=O) groups is 3. The molecule has 0 aromatic heterocycles. The first kappa shape index (κ1) is 25.0. The van der Waals surface area contributed by atoms with Gasteiger partial charge < -0.3 is 14.5 Å². The van der Waals surface area contributed by atoms with Crippen molar-refractivity contribution in [2.24, 2.45) is 0 Å². The SMILES string of the molecule is O=C1CCC(N2Cc3c(cc(F)cc3C3CCN(Cc4ccccc4N4CCOCC4)CC3)C2=O)C(=O)N1. The molecule has 0 saturated carbocycles. The second-order valence-corrected chi connectivity index (χ2v) is 10.7. The second kappa shape index (κ2) is 10.5. The predicted molar refractivity (Wildman–Crippen MR) is 139 cm³/mol. The Balaban J connectivity index is 1.15. The highest BCUT2D eigenvalue weighted by Gasteiger charge is 2.41. The summed E-state index contributed by atoms with van der Waals surface area (Å²) in [6.07, 6.45) is 2.25. The lowest BCUT2D eigenvalue weighted by molar-refractivity contribution is -0.136. The van der Waals surface area contributed by atoms with E-state index in [1.807, 2.05) is 0 Å². The topological polar surface area (TPSA) is 82.2 Å². The standard InChI is InChI=1S/C29H33FN4O4/c30-21-15-22(24-18-34(29(37)23(24)16-21)26-5-6-27(35)31-28(26)36)19-7-9-32(10-8-19)17-20-3-1-2-4-25(20)33-11-13-38-14-12-33/h1-4,15-16,19,26H,5-14,17-18H2,(H,31,35,36). The number of hydrogen-bond donors (Lipinski definition) is 1. The van der Waals surface area contributed by atoms with Crippen LogP contribution in [0.4, 0.5) is 10.1 Å². The number of ether oxygens (including phenoxy) is 1. The van der Waals surface area contributed by atoms with Crippen LogP contribution in [0.2, 0.25) is 0 Å². The molecule has 0 spiro atoms. The molecule has 4 heterocycles. The van der Waals surface area contributed by atoms with Crippen molar-refractivity contribution in [3.8, 4) is 0 Å². The van der Waals surface area contributed by atoms with Gasteiger partial charge in [-0.1, -0.05) is 18.2 Å². The first-order chi connectivity index (χ1) is 18.5. The van der Waals surface area contributed by atoms with Crippen molar-refractivity contribution in [1.82, 2.24) is 15.1 Å². The van der Waals surface area contributed by atoms with Crippen molar-refractivity contribution in [3.63, 3.8) is 0 Å². The van der Waals surface area contributed by atoms with Crippen LogP contribution in [-0.4, -0.2) is 73.0 Å². The summed E-state index contributed by atoms with van der Waals surface area (Å²) < 4.78 is 20.2. The van der Waals surface area contributed by atoms with Crippen molar-refractivity contribution >= 4 is 23.4 Å². The van der Waals surface area contributed by atoms with Gasteiger partial charge in [0.1, 0.15) is 11.9 Å². The minimum absolute atomic E-state index is 0.152. The van der Waals surface area contributed by atoms with E-state index < -0.39 is 17.8 Å². The summed E-state index contributed by atoms with van der Waals surface area (Å²) in [5, 5.41) is 2.33. The van der Waals surface area contributed by atoms with Gasteiger partial charge in [-0.3, -0.25) is 24.6 Å². The zero-order chi connectivity index (χ0) is 26.2. The highest BCUT2D eigenvalue weighted by Crippen LogP contribution is 2.38. The van der Waals surface area contributed by atoms with Gasteiger partial charge in [0.25, 0.3) is 5.91 Å². The number of fused-ring (bicyclic) bond motifs is 1. The molecule has 1 unspecified atom stereocenters. The van der Waals surface area contributed by atoms with Crippen molar-refractivity contribution < 1.29 is 23.5 Å². The van der Waals surface area contributed by atoms with E-state index in [1.54, 1.807) is 6.07 Å². The zero-order valence-corrected chi connectivity index (χ0v) is 21.5. The Labute approximate surface area is 221 Å². The molecule has 4 aliphatic heterocycles. The van der Waals surface area contributed by atoms with Gasteiger partial charge in [0.2, 0.25) is 11.8 Å². The summed E-state index contributed by atoms with van der Waals surface area (Å²) in [5.41, 5.74) is 4.65. The van der Waals surface area contributed by atoms with Gasteiger partial charge in [-0.25, -0.2) is 4.39 Å². The Hall–Kier alpha value is -3.30. The Kier molecular flexibility index (Phi) is 6.88. The fourth-order valence-corrected chi connectivity index (χ4v) is 6.42. The van der Waals surface area contributed by atoms with Crippen LogP contribution < -0.4 is 10.2 Å². The van der Waals surface area contributed by atoms with Gasteiger partial charge in [-0.2, -0.15) is 0 Å². The number of benzene rings is 2. The highest BCUT2D eigenvalue weighted by atomic mass is 19.1. The van der Waals surface area contributed by atoms with Crippen LogP contribution in [-0.2, 0) is 27.4 Å². The van der Waals surface area contributed by atoms with E-state index in [0.717, 1.165) is 69.9 Å². The first-order valence-corrected chi connectivity index (χ1v) is 13.6. The largest absolute Gasteiger partial charge is 0.378 e. The fourth-order valence-electron chi connectivity index (χ4n) is 6.42. The summed E-state index contributed by atoms with van der Waals surface area (Å²) in [6, 6.07) is 10.7. The van der Waals surface area contributed by atoms with Crippen LogP contribution in [0.1, 0.15) is 58.6 Å². The molecule has 38 heavy (non-hydrogen) atoms. The maximum Gasteiger partial charge on any atom is 0.255 e. The van der Waals surface area contributed by atoms with Gasteiger partial charge in [0, 0.05) is 43.9 Å². The maximum absolute atomic E-state index is 14.7. The Bertz CT molecular complexity index is 1250. The Morgan fingerprint density at radius 2 is 1.74 bits per heavy atom. The summed E-state index contributed by atoms with van der Waals surface area (Å²) >= 11 is 0.